The molecule has 0 N–H and O–H groups in total. The Morgan fingerprint density at radius 3 is 2.27 bits per heavy atom. The zero-order valence-electron chi connectivity index (χ0n) is 17.4. The molecule has 1 aliphatic heterocycles. The van der Waals surface area contributed by atoms with Crippen molar-refractivity contribution in [2.24, 2.45) is 0 Å². The fourth-order valence-electron chi connectivity index (χ4n) is 3.68. The van der Waals surface area contributed by atoms with Crippen molar-refractivity contribution >= 4 is 23.2 Å². The van der Waals surface area contributed by atoms with Gasteiger partial charge in [-0.25, -0.2) is 4.98 Å². The summed E-state index contributed by atoms with van der Waals surface area (Å²) in [7, 11) is 0. The number of nitrogens with zero attached hydrogens (tertiary/aromatic N) is 4. The van der Waals surface area contributed by atoms with E-state index in [1.54, 1.807) is 4.90 Å². The first-order valence-electron chi connectivity index (χ1n) is 10.2. The summed E-state index contributed by atoms with van der Waals surface area (Å²) in [5.41, 5.74) is 0.313. The van der Waals surface area contributed by atoms with Crippen LogP contribution < -0.4 is 10.5 Å². The molecule has 0 aliphatic carbocycles. The van der Waals surface area contributed by atoms with Crippen LogP contribution in [0.1, 0.15) is 5.56 Å². The molecule has 1 amide bonds. The Morgan fingerprint density at radius 1 is 1.00 bits per heavy atom. The highest BCUT2D eigenvalue weighted by molar-refractivity contribution is 6.33. The number of rotatable bonds is 4. The SMILES string of the molecule is O=C(Cn1cnc(-c2ccc(C(F)(F)F)cc2)cc1=O)N1CCN(c2ccccc2Cl)CC1. The molecule has 2 aromatic carbocycles. The molecule has 2 heterocycles. The average molecular weight is 477 g/mol. The van der Waals surface area contributed by atoms with Crippen molar-refractivity contribution in [2.75, 3.05) is 31.1 Å². The van der Waals surface area contributed by atoms with Gasteiger partial charge in [0.25, 0.3) is 5.56 Å². The van der Waals surface area contributed by atoms with Gasteiger partial charge in [-0.05, 0) is 24.3 Å². The third-order valence-corrected chi connectivity index (χ3v) is 5.84. The topological polar surface area (TPSA) is 58.4 Å². The second-order valence-corrected chi connectivity index (χ2v) is 8.04. The van der Waals surface area contributed by atoms with Crippen LogP contribution in [0.15, 0.2) is 65.7 Å². The molecule has 0 atom stereocenters. The van der Waals surface area contributed by atoms with E-state index in [1.807, 2.05) is 24.3 Å². The van der Waals surface area contributed by atoms with E-state index in [0.29, 0.717) is 36.8 Å². The van der Waals surface area contributed by atoms with Gasteiger partial charge in [0.1, 0.15) is 6.54 Å². The summed E-state index contributed by atoms with van der Waals surface area (Å²) in [5, 5.41) is 0.656. The van der Waals surface area contributed by atoms with Crippen molar-refractivity contribution in [1.82, 2.24) is 14.5 Å². The maximum atomic E-state index is 12.7. The number of amides is 1. The minimum atomic E-state index is -4.44. The molecule has 33 heavy (non-hydrogen) atoms. The third-order valence-electron chi connectivity index (χ3n) is 5.52. The number of para-hydroxylation sites is 1. The molecule has 0 spiro atoms. The molecular formula is C23H20ClF3N4O2. The predicted octanol–water partition coefficient (Wildman–Crippen LogP) is 3.93. The zero-order valence-corrected chi connectivity index (χ0v) is 18.2. The quantitative estimate of drug-likeness (QED) is 0.572. The van der Waals surface area contributed by atoms with Crippen LogP contribution >= 0.6 is 11.6 Å². The number of alkyl halides is 3. The van der Waals surface area contributed by atoms with E-state index in [1.165, 1.54) is 29.1 Å². The van der Waals surface area contributed by atoms with E-state index in [4.69, 9.17) is 11.6 Å². The molecule has 0 bridgehead atoms. The highest BCUT2D eigenvalue weighted by Crippen LogP contribution is 2.30. The summed E-state index contributed by atoms with van der Waals surface area (Å²) in [6.07, 6.45) is -3.19. The first-order valence-corrected chi connectivity index (χ1v) is 10.6. The van der Waals surface area contributed by atoms with Gasteiger partial charge in [0.15, 0.2) is 0 Å². The summed E-state index contributed by atoms with van der Waals surface area (Å²) in [5.74, 6) is -0.208. The maximum Gasteiger partial charge on any atom is 0.416 e. The lowest BCUT2D eigenvalue weighted by Crippen LogP contribution is -2.50. The molecule has 10 heteroatoms. The van der Waals surface area contributed by atoms with Gasteiger partial charge in [0.2, 0.25) is 5.91 Å². The summed E-state index contributed by atoms with van der Waals surface area (Å²) in [6.45, 7) is 2.07. The van der Waals surface area contributed by atoms with Gasteiger partial charge in [-0.3, -0.25) is 14.2 Å². The number of hydrogen-bond donors (Lipinski definition) is 0. The van der Waals surface area contributed by atoms with Gasteiger partial charge in [0, 0.05) is 37.8 Å². The minimum Gasteiger partial charge on any atom is -0.367 e. The molecule has 1 aliphatic rings. The van der Waals surface area contributed by atoms with Crippen molar-refractivity contribution in [3.63, 3.8) is 0 Å². The van der Waals surface area contributed by atoms with E-state index in [-0.39, 0.29) is 18.1 Å². The zero-order chi connectivity index (χ0) is 23.6. The van der Waals surface area contributed by atoms with E-state index >= 15 is 0 Å². The lowest BCUT2D eigenvalue weighted by atomic mass is 10.1. The van der Waals surface area contributed by atoms with Gasteiger partial charge in [-0.2, -0.15) is 13.2 Å². The van der Waals surface area contributed by atoms with Crippen molar-refractivity contribution in [1.29, 1.82) is 0 Å². The van der Waals surface area contributed by atoms with Crippen LogP contribution in [0.3, 0.4) is 0 Å². The van der Waals surface area contributed by atoms with Crippen molar-refractivity contribution < 1.29 is 18.0 Å². The van der Waals surface area contributed by atoms with Crippen molar-refractivity contribution in [2.45, 2.75) is 12.7 Å². The molecule has 0 radical (unpaired) electrons. The lowest BCUT2D eigenvalue weighted by molar-refractivity contribution is -0.137. The number of anilines is 1. The minimum absolute atomic E-state index is 0.161. The average Bonchev–Trinajstić information content (AvgIpc) is 2.80. The van der Waals surface area contributed by atoms with Gasteiger partial charge in [-0.15, -0.1) is 0 Å². The Hall–Kier alpha value is -3.33. The highest BCUT2D eigenvalue weighted by atomic mass is 35.5. The molecule has 6 nitrogen and oxygen atoms in total. The molecule has 4 rings (SSSR count). The standard InChI is InChI=1S/C23H20ClF3N4O2/c24-18-3-1-2-4-20(18)29-9-11-30(12-10-29)22(33)14-31-15-28-19(13-21(31)32)16-5-7-17(8-6-16)23(25,26)27/h1-8,13,15H,9-12,14H2. The highest BCUT2D eigenvalue weighted by Gasteiger charge is 2.30. The van der Waals surface area contributed by atoms with E-state index in [0.717, 1.165) is 17.8 Å². The third kappa shape index (κ3) is 5.19. The first-order chi connectivity index (χ1) is 15.7. The molecule has 0 unspecified atom stereocenters. The second-order valence-electron chi connectivity index (χ2n) is 7.63. The Balaban J connectivity index is 1.39. The van der Waals surface area contributed by atoms with Gasteiger partial charge in [0.05, 0.1) is 28.3 Å². The van der Waals surface area contributed by atoms with E-state index in [9.17, 15) is 22.8 Å². The number of piperazine rings is 1. The Kier molecular flexibility index (Phi) is 6.42. The van der Waals surface area contributed by atoms with Gasteiger partial charge in [-0.1, -0.05) is 35.9 Å². The predicted molar refractivity (Wildman–Crippen MR) is 119 cm³/mol. The summed E-state index contributed by atoms with van der Waals surface area (Å²) in [6, 6.07) is 13.1. The van der Waals surface area contributed by atoms with Gasteiger partial charge >= 0.3 is 6.18 Å². The Labute approximate surface area is 192 Å². The summed E-state index contributed by atoms with van der Waals surface area (Å²) < 4.78 is 39.4. The Bertz CT molecular complexity index is 1200. The van der Waals surface area contributed by atoms with E-state index < -0.39 is 17.3 Å². The Morgan fingerprint density at radius 2 is 1.67 bits per heavy atom. The largest absolute Gasteiger partial charge is 0.416 e. The fourth-order valence-corrected chi connectivity index (χ4v) is 3.94. The molecule has 1 saturated heterocycles. The lowest BCUT2D eigenvalue weighted by Gasteiger charge is -2.36. The summed E-state index contributed by atoms with van der Waals surface area (Å²) >= 11 is 6.25. The molecule has 3 aromatic rings. The van der Waals surface area contributed by atoms with Crippen molar-refractivity contribution in [3.8, 4) is 11.3 Å². The van der Waals surface area contributed by atoms with Crippen LogP contribution in [0.25, 0.3) is 11.3 Å². The molecule has 172 valence electrons. The number of carbonyl (C=O) groups excluding carboxylic acids is 1. The second kappa shape index (κ2) is 9.27. The monoisotopic (exact) mass is 476 g/mol. The van der Waals surface area contributed by atoms with Crippen LogP contribution in [-0.4, -0.2) is 46.5 Å². The van der Waals surface area contributed by atoms with Crippen LogP contribution in [0.2, 0.25) is 5.02 Å². The van der Waals surface area contributed by atoms with Crippen LogP contribution in [0.4, 0.5) is 18.9 Å². The first kappa shape index (κ1) is 22.8. The van der Waals surface area contributed by atoms with E-state index in [2.05, 4.69) is 9.88 Å². The van der Waals surface area contributed by atoms with Crippen molar-refractivity contribution in [3.05, 3.63) is 81.9 Å². The van der Waals surface area contributed by atoms with Crippen LogP contribution in [0, 0.1) is 0 Å². The fraction of sp³-hybridized carbons (Fsp3) is 0.261. The molecule has 1 aromatic heterocycles. The number of carbonyl (C=O) groups is 1. The molecular weight excluding hydrogens is 457 g/mol. The molecule has 1 fully saturated rings. The van der Waals surface area contributed by atoms with Crippen LogP contribution in [-0.2, 0) is 17.5 Å². The number of halogens is 4. The smallest absolute Gasteiger partial charge is 0.367 e. The number of aromatic nitrogens is 2. The normalized spacial score (nSPS) is 14.4. The maximum absolute atomic E-state index is 12.7. The van der Waals surface area contributed by atoms with Gasteiger partial charge < -0.3 is 9.80 Å². The number of benzene rings is 2. The molecule has 0 saturated carbocycles. The number of hydrogen-bond acceptors (Lipinski definition) is 4. The van der Waals surface area contributed by atoms with Crippen LogP contribution in [0.5, 0.6) is 0 Å². The summed E-state index contributed by atoms with van der Waals surface area (Å²) in [4.78, 5) is 33.1.